The minimum Gasteiger partial charge on any atom is -0.466 e. The second-order valence-corrected chi connectivity index (χ2v) is 28.1. The van der Waals surface area contributed by atoms with Crippen molar-refractivity contribution in [3.05, 3.63) is 48.6 Å². The molecule has 0 saturated carbocycles. The molecule has 0 radical (unpaired) electrons. The van der Waals surface area contributed by atoms with E-state index >= 15 is 0 Å². The average molecular weight is 1260 g/mol. The maximum Gasteiger partial charge on any atom is 0.305 e. The third kappa shape index (κ3) is 74.9. The molecule has 90 heavy (non-hydrogen) atoms. The van der Waals surface area contributed by atoms with Gasteiger partial charge in [-0.3, -0.25) is 9.59 Å². The van der Waals surface area contributed by atoms with E-state index in [1.807, 2.05) is 6.08 Å². The van der Waals surface area contributed by atoms with Crippen LogP contribution in [0.15, 0.2) is 48.6 Å². The number of rotatable bonds is 77. The summed E-state index contributed by atoms with van der Waals surface area (Å²) in [5.41, 5.74) is 0. The fourth-order valence-electron chi connectivity index (χ4n) is 12.8. The number of allylic oxidation sites excluding steroid dienone is 7. The van der Waals surface area contributed by atoms with E-state index in [2.05, 4.69) is 55.6 Å². The summed E-state index contributed by atoms with van der Waals surface area (Å²) in [5, 5.41) is 23.3. The topological polar surface area (TPSA) is 95.9 Å². The first-order chi connectivity index (χ1) is 44.5. The summed E-state index contributed by atoms with van der Waals surface area (Å²) in [6.07, 6.45) is 105. The van der Waals surface area contributed by atoms with Gasteiger partial charge in [-0.05, 0) is 89.9 Å². The number of aliphatic hydroxyl groups is 2. The number of hydrogen-bond acceptors (Lipinski definition) is 5. The number of amides is 1. The molecule has 0 aromatic rings. The van der Waals surface area contributed by atoms with E-state index in [1.165, 1.54) is 372 Å². The summed E-state index contributed by atoms with van der Waals surface area (Å²) < 4.78 is 5.51. The zero-order valence-corrected chi connectivity index (χ0v) is 60.9. The number of aliphatic hydroxyl groups excluding tert-OH is 2. The lowest BCUT2D eigenvalue weighted by Gasteiger charge is -2.20. The van der Waals surface area contributed by atoms with Gasteiger partial charge in [0.25, 0.3) is 0 Å². The van der Waals surface area contributed by atoms with Gasteiger partial charge in [-0.2, -0.15) is 0 Å². The van der Waals surface area contributed by atoms with Crippen molar-refractivity contribution in [2.45, 2.75) is 463 Å². The first-order valence-corrected chi connectivity index (χ1v) is 40.9. The fourth-order valence-corrected chi connectivity index (χ4v) is 12.8. The monoisotopic (exact) mass is 1260 g/mol. The molecule has 0 aliphatic rings. The van der Waals surface area contributed by atoms with E-state index < -0.39 is 12.1 Å². The highest BCUT2D eigenvalue weighted by molar-refractivity contribution is 5.76. The van der Waals surface area contributed by atoms with Gasteiger partial charge in [0.2, 0.25) is 5.91 Å². The van der Waals surface area contributed by atoms with Crippen LogP contribution in [-0.4, -0.2) is 47.4 Å². The van der Waals surface area contributed by atoms with E-state index in [9.17, 15) is 19.8 Å². The molecule has 6 heteroatoms. The Morgan fingerprint density at radius 3 is 0.878 bits per heavy atom. The summed E-state index contributed by atoms with van der Waals surface area (Å²) in [7, 11) is 0. The van der Waals surface area contributed by atoms with E-state index in [1.54, 1.807) is 6.08 Å². The van der Waals surface area contributed by atoms with E-state index in [0.717, 1.165) is 51.4 Å². The number of hydrogen-bond donors (Lipinski definition) is 3. The van der Waals surface area contributed by atoms with Gasteiger partial charge in [0.1, 0.15) is 0 Å². The number of esters is 1. The van der Waals surface area contributed by atoms with Gasteiger partial charge < -0.3 is 20.3 Å². The van der Waals surface area contributed by atoms with Crippen molar-refractivity contribution >= 4 is 11.9 Å². The largest absolute Gasteiger partial charge is 0.466 e. The van der Waals surface area contributed by atoms with E-state index in [4.69, 9.17) is 4.74 Å². The Labute approximate surface area is 563 Å². The molecule has 0 aliphatic carbocycles. The Hall–Kier alpha value is -2.18. The normalized spacial score (nSPS) is 12.7. The Bertz CT molecular complexity index is 1500. The SMILES string of the molecule is CCCCC/C=C\C/C=C\CCCCCCCCCCCC(=O)OCCCCCCCCCCCCCC/C=C\CCCCCCCCCCCCCCCCCCC(=O)NC(CO)C(O)/C=C/CCCCCCCCCCCCCCCCCCCCCC. The molecule has 1 amide bonds. The minimum atomic E-state index is -0.845. The van der Waals surface area contributed by atoms with Crippen LogP contribution in [0.5, 0.6) is 0 Å². The predicted octanol–water partition coefficient (Wildman–Crippen LogP) is 27.2. The second kappa shape index (κ2) is 79.3. The summed E-state index contributed by atoms with van der Waals surface area (Å²) in [6.45, 7) is 4.93. The van der Waals surface area contributed by atoms with Crippen LogP contribution in [-0.2, 0) is 14.3 Å². The average Bonchev–Trinajstić information content (AvgIpc) is 3.60. The predicted molar refractivity (Wildman–Crippen MR) is 398 cm³/mol. The molecular weight excluding hydrogens is 1100 g/mol. The Morgan fingerprint density at radius 1 is 0.311 bits per heavy atom. The van der Waals surface area contributed by atoms with E-state index in [-0.39, 0.29) is 18.5 Å². The zero-order valence-electron chi connectivity index (χ0n) is 60.9. The molecule has 6 nitrogen and oxygen atoms in total. The van der Waals surface area contributed by atoms with Crippen LogP contribution in [0.4, 0.5) is 0 Å². The number of ether oxygens (including phenoxy) is 1. The minimum absolute atomic E-state index is 0.0148. The number of unbranched alkanes of at least 4 members (excludes halogenated alkanes) is 60. The lowest BCUT2D eigenvalue weighted by molar-refractivity contribution is -0.143. The van der Waals surface area contributed by atoms with Gasteiger partial charge in [-0.15, -0.1) is 0 Å². The van der Waals surface area contributed by atoms with Gasteiger partial charge in [-0.25, -0.2) is 0 Å². The van der Waals surface area contributed by atoms with Crippen molar-refractivity contribution in [1.82, 2.24) is 5.32 Å². The number of nitrogens with one attached hydrogen (secondary N) is 1. The van der Waals surface area contributed by atoms with E-state index in [0.29, 0.717) is 19.4 Å². The maximum absolute atomic E-state index is 12.6. The fraction of sp³-hybridized carbons (Fsp3) is 0.881. The molecule has 0 aliphatic heterocycles. The van der Waals surface area contributed by atoms with Crippen molar-refractivity contribution in [3.63, 3.8) is 0 Å². The molecule has 530 valence electrons. The van der Waals surface area contributed by atoms with Crippen molar-refractivity contribution < 1.29 is 24.5 Å². The summed E-state index contributed by atoms with van der Waals surface area (Å²) >= 11 is 0. The Balaban J connectivity index is 3.37. The molecule has 3 N–H and O–H groups in total. The van der Waals surface area contributed by atoms with Crippen LogP contribution in [0.25, 0.3) is 0 Å². The van der Waals surface area contributed by atoms with Crippen LogP contribution in [0.3, 0.4) is 0 Å². The molecular formula is C84H159NO5. The summed E-state index contributed by atoms with van der Waals surface area (Å²) in [4.78, 5) is 24.7. The molecule has 0 saturated heterocycles. The molecule has 0 spiro atoms. The molecule has 0 aromatic carbocycles. The highest BCUT2D eigenvalue weighted by Crippen LogP contribution is 2.20. The van der Waals surface area contributed by atoms with Gasteiger partial charge in [0.15, 0.2) is 0 Å². The van der Waals surface area contributed by atoms with Gasteiger partial charge in [0.05, 0.1) is 25.4 Å². The Kier molecular flexibility index (Phi) is 77.3. The van der Waals surface area contributed by atoms with Crippen LogP contribution in [0.2, 0.25) is 0 Å². The quantitative estimate of drug-likeness (QED) is 0.0320. The molecule has 0 rings (SSSR count). The third-order valence-electron chi connectivity index (χ3n) is 19.1. The highest BCUT2D eigenvalue weighted by atomic mass is 16.5. The summed E-state index contributed by atoms with van der Waals surface area (Å²) in [5.74, 6) is -0.0461. The molecule has 0 heterocycles. The molecule has 2 atom stereocenters. The van der Waals surface area contributed by atoms with Crippen LogP contribution in [0.1, 0.15) is 450 Å². The van der Waals surface area contributed by atoms with Crippen molar-refractivity contribution in [1.29, 1.82) is 0 Å². The standard InChI is InChI=1S/C84H159NO5/c1-3-5-7-9-11-13-15-17-19-21-23-24-37-41-44-48-52-56-60-64-68-72-76-82(87)81(80-86)85-83(88)77-73-69-65-61-57-53-49-45-42-38-35-33-31-29-27-25-26-28-30-32-34-36-39-43-47-51-55-59-63-67-71-75-79-90-84(89)78-74-70-66-62-58-54-50-46-40-22-20-18-16-14-12-10-8-6-4-2/h12,14,18,20,28,30,72,76,81-82,86-87H,3-11,13,15-17,19,21-27,29,31-71,73-75,77-80H2,1-2H3,(H,85,88)/b14-12-,20-18-,30-28-,76-72+. The molecule has 0 bridgehead atoms. The summed E-state index contributed by atoms with van der Waals surface area (Å²) in [6, 6.07) is -0.628. The first kappa shape index (κ1) is 87.8. The van der Waals surface area contributed by atoms with Crippen molar-refractivity contribution in [2.24, 2.45) is 0 Å². The molecule has 2 unspecified atom stereocenters. The van der Waals surface area contributed by atoms with Crippen LogP contribution < -0.4 is 5.32 Å². The smallest absolute Gasteiger partial charge is 0.305 e. The third-order valence-corrected chi connectivity index (χ3v) is 19.1. The van der Waals surface area contributed by atoms with Crippen LogP contribution >= 0.6 is 0 Å². The number of carbonyl (C=O) groups is 2. The van der Waals surface area contributed by atoms with Gasteiger partial charge in [0, 0.05) is 12.8 Å². The maximum atomic E-state index is 12.6. The van der Waals surface area contributed by atoms with Gasteiger partial charge in [-0.1, -0.05) is 396 Å². The first-order valence-electron chi connectivity index (χ1n) is 40.9. The molecule has 0 fully saturated rings. The second-order valence-electron chi connectivity index (χ2n) is 28.1. The van der Waals surface area contributed by atoms with Crippen molar-refractivity contribution in [2.75, 3.05) is 13.2 Å². The van der Waals surface area contributed by atoms with Gasteiger partial charge >= 0.3 is 5.97 Å². The molecule has 0 aromatic heterocycles. The van der Waals surface area contributed by atoms with Crippen LogP contribution in [0, 0.1) is 0 Å². The Morgan fingerprint density at radius 2 is 0.556 bits per heavy atom. The highest BCUT2D eigenvalue weighted by Gasteiger charge is 2.18. The lowest BCUT2D eigenvalue weighted by Crippen LogP contribution is -2.45. The van der Waals surface area contributed by atoms with Crippen molar-refractivity contribution in [3.8, 4) is 0 Å². The zero-order chi connectivity index (χ0) is 64.9. The number of carbonyl (C=O) groups excluding carboxylic acids is 2. The lowest BCUT2D eigenvalue weighted by atomic mass is 10.0.